The van der Waals surface area contributed by atoms with Crippen molar-refractivity contribution in [1.82, 2.24) is 5.43 Å². The molecule has 0 radical (unpaired) electrons. The highest BCUT2D eigenvalue weighted by Gasteiger charge is 2.30. The van der Waals surface area contributed by atoms with Gasteiger partial charge in [0.15, 0.2) is 0 Å². The van der Waals surface area contributed by atoms with Crippen LogP contribution in [0.3, 0.4) is 0 Å². The van der Waals surface area contributed by atoms with E-state index in [0.717, 1.165) is 4.31 Å². The summed E-state index contributed by atoms with van der Waals surface area (Å²) in [5.74, 6) is -0.471. The highest BCUT2D eigenvalue weighted by molar-refractivity contribution is 9.10. The van der Waals surface area contributed by atoms with Crippen LogP contribution < -0.4 is 14.5 Å². The monoisotopic (exact) mass is 535 g/mol. The van der Waals surface area contributed by atoms with E-state index in [9.17, 15) is 13.2 Å². The van der Waals surface area contributed by atoms with E-state index < -0.39 is 22.5 Å². The summed E-state index contributed by atoms with van der Waals surface area (Å²) in [5, 5.41) is 4.36. The second kappa shape index (κ2) is 10.6. The van der Waals surface area contributed by atoms with E-state index in [-0.39, 0.29) is 10.6 Å². The van der Waals surface area contributed by atoms with Gasteiger partial charge in [-0.25, -0.2) is 13.8 Å². The SMILES string of the molecule is COc1ccc(Br)cc1S(=O)(=O)N(CC(=O)N/N=C\c1ccccc1Cl)c1ccccc1. The molecule has 0 saturated carbocycles. The summed E-state index contributed by atoms with van der Waals surface area (Å²) in [4.78, 5) is 12.5. The molecule has 0 spiro atoms. The number of anilines is 1. The van der Waals surface area contributed by atoms with Crippen LogP contribution in [0.1, 0.15) is 5.56 Å². The molecule has 0 atom stereocenters. The number of hydrazone groups is 1. The number of halogens is 2. The Bertz CT molecular complexity index is 1240. The molecule has 0 bridgehead atoms. The fraction of sp³-hybridized carbons (Fsp3) is 0.0909. The molecule has 1 amide bonds. The fourth-order valence-electron chi connectivity index (χ4n) is 2.80. The molecule has 0 aliphatic heterocycles. The molecule has 10 heteroatoms. The maximum atomic E-state index is 13.5. The molecule has 3 aromatic carbocycles. The molecule has 0 unspecified atom stereocenters. The molecule has 1 N–H and O–H groups in total. The van der Waals surface area contributed by atoms with Crippen molar-refractivity contribution in [1.29, 1.82) is 0 Å². The predicted molar refractivity (Wildman–Crippen MR) is 129 cm³/mol. The third kappa shape index (κ3) is 5.67. The molecule has 32 heavy (non-hydrogen) atoms. The Morgan fingerprint density at radius 3 is 2.50 bits per heavy atom. The first-order chi connectivity index (χ1) is 15.3. The van der Waals surface area contributed by atoms with Crippen molar-refractivity contribution in [3.05, 3.63) is 87.9 Å². The van der Waals surface area contributed by atoms with Crippen molar-refractivity contribution < 1.29 is 17.9 Å². The van der Waals surface area contributed by atoms with Crippen LogP contribution in [0.15, 0.2) is 87.3 Å². The summed E-state index contributed by atoms with van der Waals surface area (Å²) in [6.45, 7) is -0.498. The molecule has 0 aliphatic carbocycles. The van der Waals surface area contributed by atoms with Gasteiger partial charge in [-0.05, 0) is 36.4 Å². The minimum absolute atomic E-state index is 0.0782. The van der Waals surface area contributed by atoms with Crippen molar-refractivity contribution in [3.63, 3.8) is 0 Å². The van der Waals surface area contributed by atoms with Crippen LogP contribution >= 0.6 is 27.5 Å². The minimum Gasteiger partial charge on any atom is -0.495 e. The van der Waals surface area contributed by atoms with Gasteiger partial charge in [0, 0.05) is 15.1 Å². The van der Waals surface area contributed by atoms with E-state index in [1.807, 2.05) is 0 Å². The molecular formula is C22H19BrClN3O4S. The first-order valence-electron chi connectivity index (χ1n) is 9.30. The zero-order valence-corrected chi connectivity index (χ0v) is 20.1. The van der Waals surface area contributed by atoms with Crippen LogP contribution in [0.2, 0.25) is 5.02 Å². The molecule has 7 nitrogen and oxygen atoms in total. The number of nitrogens with one attached hydrogen (secondary N) is 1. The fourth-order valence-corrected chi connectivity index (χ4v) is 5.10. The number of benzene rings is 3. The van der Waals surface area contributed by atoms with E-state index >= 15 is 0 Å². The number of amides is 1. The third-order valence-electron chi connectivity index (χ3n) is 4.32. The number of sulfonamides is 1. The summed E-state index contributed by atoms with van der Waals surface area (Å²) in [5.41, 5.74) is 3.28. The van der Waals surface area contributed by atoms with Crippen molar-refractivity contribution in [3.8, 4) is 5.75 Å². The summed E-state index contributed by atoms with van der Waals surface area (Å²) in [7, 11) is -2.77. The Morgan fingerprint density at radius 2 is 1.81 bits per heavy atom. The lowest BCUT2D eigenvalue weighted by molar-refractivity contribution is -0.119. The van der Waals surface area contributed by atoms with Crippen LogP contribution in [-0.2, 0) is 14.8 Å². The van der Waals surface area contributed by atoms with Gasteiger partial charge < -0.3 is 4.74 Å². The van der Waals surface area contributed by atoms with E-state index in [2.05, 4.69) is 26.5 Å². The van der Waals surface area contributed by atoms with E-state index in [4.69, 9.17) is 16.3 Å². The van der Waals surface area contributed by atoms with Gasteiger partial charge >= 0.3 is 0 Å². The second-order valence-corrected chi connectivity index (χ2v) is 9.61. The van der Waals surface area contributed by atoms with Crippen LogP contribution in [0.5, 0.6) is 5.75 Å². The van der Waals surface area contributed by atoms with E-state index in [0.29, 0.717) is 20.7 Å². The van der Waals surface area contributed by atoms with E-state index in [1.165, 1.54) is 25.5 Å². The number of hydrogen-bond donors (Lipinski definition) is 1. The third-order valence-corrected chi connectivity index (χ3v) is 6.96. The number of nitrogens with zero attached hydrogens (tertiary/aromatic N) is 2. The average molecular weight is 537 g/mol. The number of para-hydroxylation sites is 1. The largest absolute Gasteiger partial charge is 0.495 e. The Hall–Kier alpha value is -2.88. The molecule has 3 rings (SSSR count). The smallest absolute Gasteiger partial charge is 0.268 e. The highest BCUT2D eigenvalue weighted by Crippen LogP contribution is 2.32. The van der Waals surface area contributed by atoms with Crippen molar-refractivity contribution >= 4 is 55.4 Å². The molecule has 3 aromatic rings. The average Bonchev–Trinajstić information content (AvgIpc) is 2.79. The van der Waals surface area contributed by atoms with Crippen LogP contribution in [0.4, 0.5) is 5.69 Å². The van der Waals surface area contributed by atoms with Gasteiger partial charge in [-0.1, -0.05) is 63.9 Å². The van der Waals surface area contributed by atoms with Crippen LogP contribution in [0.25, 0.3) is 0 Å². The normalized spacial score (nSPS) is 11.3. The maximum absolute atomic E-state index is 13.5. The lowest BCUT2D eigenvalue weighted by atomic mass is 10.2. The summed E-state index contributed by atoms with van der Waals surface area (Å²) < 4.78 is 33.9. The number of rotatable bonds is 8. The maximum Gasteiger partial charge on any atom is 0.268 e. The first kappa shape index (κ1) is 23.8. The lowest BCUT2D eigenvalue weighted by Crippen LogP contribution is -2.39. The number of hydrogen-bond acceptors (Lipinski definition) is 5. The minimum atomic E-state index is -4.15. The quantitative estimate of drug-likeness (QED) is 0.340. The van der Waals surface area contributed by atoms with Gasteiger partial charge in [-0.15, -0.1) is 0 Å². The number of carbonyl (C=O) groups is 1. The molecule has 0 aliphatic rings. The highest BCUT2D eigenvalue weighted by atomic mass is 79.9. The van der Waals surface area contributed by atoms with Gasteiger partial charge in [0.05, 0.1) is 19.0 Å². The summed E-state index contributed by atoms with van der Waals surface area (Å²) in [6, 6.07) is 19.9. The molecule has 0 saturated heterocycles. The molecular weight excluding hydrogens is 518 g/mol. The number of carbonyl (C=O) groups excluding carboxylic acids is 1. The number of ether oxygens (including phenoxy) is 1. The second-order valence-electron chi connectivity index (χ2n) is 6.46. The van der Waals surface area contributed by atoms with Gasteiger partial charge in [0.2, 0.25) is 0 Å². The van der Waals surface area contributed by atoms with Gasteiger partial charge in [0.25, 0.3) is 15.9 Å². The lowest BCUT2D eigenvalue weighted by Gasteiger charge is -2.24. The molecule has 0 aromatic heterocycles. The van der Waals surface area contributed by atoms with Crippen LogP contribution in [-0.4, -0.2) is 34.2 Å². The van der Waals surface area contributed by atoms with E-state index in [1.54, 1.807) is 60.7 Å². The van der Waals surface area contributed by atoms with Crippen molar-refractivity contribution in [2.45, 2.75) is 4.90 Å². The predicted octanol–water partition coefficient (Wildman–Crippen LogP) is 4.46. The Morgan fingerprint density at radius 1 is 1.12 bits per heavy atom. The Kier molecular flexibility index (Phi) is 7.89. The van der Waals surface area contributed by atoms with Gasteiger partial charge in [-0.3, -0.25) is 9.10 Å². The van der Waals surface area contributed by atoms with Gasteiger partial charge in [0.1, 0.15) is 17.2 Å². The zero-order chi connectivity index (χ0) is 23.1. The summed E-state index contributed by atoms with van der Waals surface area (Å²) in [6.07, 6.45) is 1.39. The van der Waals surface area contributed by atoms with Crippen molar-refractivity contribution in [2.75, 3.05) is 18.0 Å². The van der Waals surface area contributed by atoms with Crippen LogP contribution in [0, 0.1) is 0 Å². The van der Waals surface area contributed by atoms with Gasteiger partial charge in [-0.2, -0.15) is 5.10 Å². The number of methoxy groups -OCH3 is 1. The Balaban J connectivity index is 1.90. The molecule has 166 valence electrons. The van der Waals surface area contributed by atoms with Crippen molar-refractivity contribution in [2.24, 2.45) is 5.10 Å². The molecule has 0 fully saturated rings. The summed E-state index contributed by atoms with van der Waals surface area (Å²) >= 11 is 9.35. The first-order valence-corrected chi connectivity index (χ1v) is 11.9. The molecule has 0 heterocycles. The zero-order valence-electron chi connectivity index (χ0n) is 16.9. The standard InChI is InChI=1S/C22H19BrClN3O4S/c1-31-20-12-11-17(23)13-21(20)32(29,30)27(18-8-3-2-4-9-18)15-22(28)26-25-14-16-7-5-6-10-19(16)24/h2-14H,15H2,1H3,(H,26,28)/b25-14-. The Labute approximate surface area is 199 Å². The topological polar surface area (TPSA) is 88.1 Å².